The number of halogens is 1. The number of rotatable bonds is 0. The average Bonchev–Trinajstić information content (AvgIpc) is 3.29. The van der Waals surface area contributed by atoms with E-state index in [0.717, 1.165) is 11.1 Å². The van der Waals surface area contributed by atoms with Gasteiger partial charge in [0, 0.05) is 0 Å². The number of aryl methyl sites for hydroxylation is 1. The predicted octanol–water partition coefficient (Wildman–Crippen LogP) is 10.5. The number of fused-ring (bicyclic) bond motifs is 1. The molecule has 36 heavy (non-hydrogen) atoms. The van der Waals surface area contributed by atoms with Crippen molar-refractivity contribution in [2.24, 2.45) is 5.41 Å². The van der Waals surface area contributed by atoms with Gasteiger partial charge >= 0.3 is 26.2 Å². The summed E-state index contributed by atoms with van der Waals surface area (Å²) in [6.45, 7) is 20.5. The van der Waals surface area contributed by atoms with Crippen molar-refractivity contribution < 1.29 is 26.2 Å². The van der Waals surface area contributed by atoms with Crippen LogP contribution in [0, 0.1) is 32.3 Å². The molecule has 184 valence electrons. The first-order valence-corrected chi connectivity index (χ1v) is 12.7. The summed E-state index contributed by atoms with van der Waals surface area (Å²) in [5.41, 5.74) is 7.86. The van der Waals surface area contributed by atoms with Gasteiger partial charge in [-0.3, -0.25) is 6.08 Å². The van der Waals surface area contributed by atoms with E-state index in [9.17, 15) is 0 Å². The zero-order valence-electron chi connectivity index (χ0n) is 22.5. The Bertz CT molecular complexity index is 1220. The Morgan fingerprint density at radius 2 is 1.25 bits per heavy atom. The molecule has 0 aliphatic heterocycles. The molecule has 5 rings (SSSR count). The maximum atomic E-state index is 3.72. The topological polar surface area (TPSA) is 0 Å². The molecule has 0 nitrogen and oxygen atoms in total. The Morgan fingerprint density at radius 3 is 1.56 bits per heavy atom. The van der Waals surface area contributed by atoms with Crippen LogP contribution in [0.5, 0.6) is 0 Å². The van der Waals surface area contributed by atoms with Gasteiger partial charge in [0.1, 0.15) is 0 Å². The summed E-state index contributed by atoms with van der Waals surface area (Å²) in [5, 5.41) is 2.63. The summed E-state index contributed by atoms with van der Waals surface area (Å²) in [7, 11) is 0. The molecule has 4 aromatic carbocycles. The summed E-state index contributed by atoms with van der Waals surface area (Å²) in [5.74, 6) is 0. The van der Waals surface area contributed by atoms with E-state index in [-0.39, 0.29) is 31.6 Å². The molecule has 0 bridgehead atoms. The van der Waals surface area contributed by atoms with Crippen molar-refractivity contribution in [2.75, 3.05) is 0 Å². The van der Waals surface area contributed by atoms with Gasteiger partial charge in [-0.25, -0.2) is 5.57 Å². The Hall–Kier alpha value is -2.15. The number of benzene rings is 3. The van der Waals surface area contributed by atoms with E-state index in [1.165, 1.54) is 37.5 Å². The minimum atomic E-state index is 0. The predicted molar refractivity (Wildman–Crippen MR) is 158 cm³/mol. The van der Waals surface area contributed by atoms with Gasteiger partial charge in [-0.05, 0) is 4.47 Å². The maximum Gasteiger partial charge on any atom is 4.00 e. The molecule has 0 saturated heterocycles. The van der Waals surface area contributed by atoms with Crippen LogP contribution in [0.2, 0.25) is 0 Å². The van der Waals surface area contributed by atoms with Crippen molar-refractivity contribution in [2.45, 2.75) is 41.5 Å². The summed E-state index contributed by atoms with van der Waals surface area (Å²) in [4.78, 5) is 0. The molecule has 0 unspecified atom stereocenters. The van der Waals surface area contributed by atoms with Crippen LogP contribution in [0.3, 0.4) is 0 Å². The molecule has 0 heterocycles. The van der Waals surface area contributed by atoms with Gasteiger partial charge in [-0.15, -0.1) is 65.7 Å². The third-order valence-corrected chi connectivity index (χ3v) is 6.78. The third-order valence-electron chi connectivity index (χ3n) is 6.09. The number of hydrogen-bond acceptors (Lipinski definition) is 0. The van der Waals surface area contributed by atoms with Crippen molar-refractivity contribution in [3.05, 3.63) is 149 Å². The summed E-state index contributed by atoms with van der Waals surface area (Å²) < 4.78 is 1.18. The van der Waals surface area contributed by atoms with Crippen molar-refractivity contribution in [1.29, 1.82) is 0 Å². The fourth-order valence-corrected chi connectivity index (χ4v) is 4.20. The molecule has 0 saturated carbocycles. The molecule has 0 amide bonds. The van der Waals surface area contributed by atoms with E-state index in [0.29, 0.717) is 0 Å². The van der Waals surface area contributed by atoms with Crippen LogP contribution < -0.4 is 0 Å². The molecular weight excluding hydrogens is 580 g/mol. The quantitative estimate of drug-likeness (QED) is 0.173. The Kier molecular flexibility index (Phi) is 13.4. The molecule has 1 aliphatic carbocycles. The molecule has 0 fully saturated rings. The van der Waals surface area contributed by atoms with E-state index >= 15 is 0 Å². The molecule has 0 radical (unpaired) electrons. The fraction of sp³-hybridized carbons (Fsp3) is 0.206. The standard InChI is InChI=1S/C10H8Br.C10H15.2C7H7.Zr/c1-7-5-8-3-2-4-10(11)9(8)6-7;1-7-6-10(4,5)9(3)8(7)2;2*1-7-5-3-2-4-6-7;/h2-6H,1H3;1-5H3;2*2-6H,1H2;/q4*-1;+4. The van der Waals surface area contributed by atoms with Gasteiger partial charge in [0.15, 0.2) is 0 Å². The molecule has 4 aromatic rings. The largest absolute Gasteiger partial charge is 4.00 e. The van der Waals surface area contributed by atoms with Crippen molar-refractivity contribution in [3.8, 4) is 0 Å². The fourth-order valence-electron chi connectivity index (χ4n) is 3.71. The van der Waals surface area contributed by atoms with Crippen molar-refractivity contribution in [3.63, 3.8) is 0 Å². The number of hydrogen-bond donors (Lipinski definition) is 0. The van der Waals surface area contributed by atoms with Crippen LogP contribution in [0.15, 0.2) is 112 Å². The van der Waals surface area contributed by atoms with E-state index < -0.39 is 0 Å². The van der Waals surface area contributed by atoms with E-state index in [1.807, 2.05) is 60.7 Å². The zero-order chi connectivity index (χ0) is 26.0. The number of allylic oxidation sites excluding steroid dienone is 4. The van der Waals surface area contributed by atoms with Crippen LogP contribution in [0.4, 0.5) is 0 Å². The van der Waals surface area contributed by atoms with Gasteiger partial charge in [0.25, 0.3) is 0 Å². The van der Waals surface area contributed by atoms with Crippen molar-refractivity contribution >= 4 is 26.7 Å². The average molecular weight is 617 g/mol. The molecule has 0 aromatic heterocycles. The van der Waals surface area contributed by atoms with E-state index in [2.05, 4.69) is 108 Å². The summed E-state index contributed by atoms with van der Waals surface area (Å²) >= 11 is 3.51. The Morgan fingerprint density at radius 1 is 0.750 bits per heavy atom. The van der Waals surface area contributed by atoms with Crippen LogP contribution in [0.1, 0.15) is 51.3 Å². The smallest absolute Gasteiger partial charge is 0.263 e. The molecule has 1 aliphatic rings. The third kappa shape index (κ3) is 10.1. The van der Waals surface area contributed by atoms with E-state index in [1.54, 1.807) is 0 Å². The van der Waals surface area contributed by atoms with Gasteiger partial charge in [0.2, 0.25) is 0 Å². The molecule has 0 spiro atoms. The van der Waals surface area contributed by atoms with Gasteiger partial charge in [-0.1, -0.05) is 74.2 Å². The minimum Gasteiger partial charge on any atom is -0.263 e. The van der Waals surface area contributed by atoms with Gasteiger partial charge < -0.3 is 0 Å². The Balaban J connectivity index is 0.000000243. The van der Waals surface area contributed by atoms with Gasteiger partial charge in [0.05, 0.1) is 0 Å². The second kappa shape index (κ2) is 15.2. The monoisotopic (exact) mass is 614 g/mol. The first kappa shape index (κ1) is 31.9. The summed E-state index contributed by atoms with van der Waals surface area (Å²) in [6, 6.07) is 30.4. The maximum absolute atomic E-state index is 3.72. The molecule has 0 atom stereocenters. The van der Waals surface area contributed by atoms with Crippen molar-refractivity contribution in [1.82, 2.24) is 0 Å². The van der Waals surface area contributed by atoms with Crippen LogP contribution in [-0.4, -0.2) is 0 Å². The second-order valence-electron chi connectivity index (χ2n) is 9.37. The first-order valence-electron chi connectivity index (χ1n) is 11.9. The van der Waals surface area contributed by atoms with Crippen LogP contribution in [-0.2, 0) is 26.2 Å². The molecule has 0 N–H and O–H groups in total. The molecule has 2 heteroatoms. The van der Waals surface area contributed by atoms with Crippen LogP contribution >= 0.6 is 15.9 Å². The van der Waals surface area contributed by atoms with Crippen LogP contribution in [0.25, 0.3) is 10.8 Å². The summed E-state index contributed by atoms with van der Waals surface area (Å²) in [6.07, 6.45) is 3.44. The minimum absolute atomic E-state index is 0. The SMILES string of the molecule is CC1=[C-]C(C)(C)C(C)=C1C.Cc1cc2c(Br)cccc2[cH-]1.[CH2-]c1ccccc1.[CH2-]c1ccccc1.[Zr+4]. The zero-order valence-corrected chi connectivity index (χ0v) is 26.5. The first-order chi connectivity index (χ1) is 16.5. The second-order valence-corrected chi connectivity index (χ2v) is 10.2. The molecular formula is C34H37BrZr. The van der Waals surface area contributed by atoms with Gasteiger partial charge in [-0.2, -0.15) is 66.5 Å². The normalized spacial score (nSPS) is 13.1. The Labute approximate surface area is 247 Å². The van der Waals surface area contributed by atoms with E-state index in [4.69, 9.17) is 0 Å².